The molecule has 4 rings (SSSR count). The van der Waals surface area contributed by atoms with Crippen molar-refractivity contribution in [3.05, 3.63) is 11.6 Å². The molecule has 11 atom stereocenters. The number of carboxylic acids is 1. The Labute approximate surface area is 300 Å². The number of carboxylic acid groups (broad SMARTS) is 1. The van der Waals surface area contributed by atoms with Gasteiger partial charge in [-0.05, 0) is 92.4 Å². The van der Waals surface area contributed by atoms with Crippen LogP contribution in [0.2, 0.25) is 0 Å². The number of hydrogen-bond acceptors (Lipinski definition) is 9. The van der Waals surface area contributed by atoms with Gasteiger partial charge in [0.25, 0.3) is 0 Å². The first-order valence-electron chi connectivity index (χ1n) is 18.7. The van der Waals surface area contributed by atoms with Crippen LogP contribution < -0.4 is 5.73 Å². The van der Waals surface area contributed by atoms with E-state index in [9.17, 15) is 19.5 Å². The number of ether oxygens (including phenoxy) is 3. The number of ketones is 1. The Balaban J connectivity index is 1.66. The SMILES string of the molecule is CC[C@H](C(=O)O)[C@](C)(CC[C@@]1(S)CC(=O)C=C2[C@@H]1CC[C@@H]1[C@@]23COC[C@]1(C)[C@@H](OCC(C)CCC(=N)CN)[C@H](OC(C)=O)C3)[C@H](C)C(C)C. The number of esters is 1. The van der Waals surface area contributed by atoms with Gasteiger partial charge in [0.05, 0.1) is 19.1 Å². The Morgan fingerprint density at radius 2 is 1.92 bits per heavy atom. The molecule has 0 amide bonds. The lowest BCUT2D eigenvalue weighted by Gasteiger charge is -2.66. The van der Waals surface area contributed by atoms with E-state index in [1.54, 1.807) is 0 Å². The lowest BCUT2D eigenvalue weighted by Crippen LogP contribution is -2.69. The van der Waals surface area contributed by atoms with Gasteiger partial charge in [-0.1, -0.05) is 54.0 Å². The molecule has 0 aromatic carbocycles. The van der Waals surface area contributed by atoms with Crippen molar-refractivity contribution in [3.8, 4) is 0 Å². The number of rotatable bonds is 16. The summed E-state index contributed by atoms with van der Waals surface area (Å²) in [5.74, 6) is -0.704. The van der Waals surface area contributed by atoms with Crippen molar-refractivity contribution in [2.24, 2.45) is 57.5 Å². The summed E-state index contributed by atoms with van der Waals surface area (Å²) in [6.45, 7) is 18.0. The average molecular weight is 705 g/mol. The molecule has 0 radical (unpaired) electrons. The summed E-state index contributed by atoms with van der Waals surface area (Å²) in [7, 11) is 0. The Morgan fingerprint density at radius 1 is 1.22 bits per heavy atom. The van der Waals surface area contributed by atoms with Gasteiger partial charge in [0.2, 0.25) is 0 Å². The van der Waals surface area contributed by atoms with Gasteiger partial charge in [-0.25, -0.2) is 0 Å². The van der Waals surface area contributed by atoms with Gasteiger partial charge >= 0.3 is 11.9 Å². The molecule has 1 heterocycles. The monoisotopic (exact) mass is 704 g/mol. The van der Waals surface area contributed by atoms with Crippen LogP contribution in [0, 0.1) is 57.2 Å². The zero-order valence-corrected chi connectivity index (χ0v) is 32.2. The van der Waals surface area contributed by atoms with E-state index >= 15 is 0 Å². The van der Waals surface area contributed by atoms with Gasteiger partial charge in [0.1, 0.15) is 12.2 Å². The number of allylic oxidation sites excluding steroid dienone is 1. The highest BCUT2D eigenvalue weighted by atomic mass is 32.1. The number of nitrogens with one attached hydrogen (secondary N) is 1. The number of carbonyl (C=O) groups is 3. The number of hydrogen-bond donors (Lipinski definition) is 4. The Bertz CT molecular complexity index is 1290. The van der Waals surface area contributed by atoms with Gasteiger partial charge in [0.15, 0.2) is 5.78 Å². The molecule has 10 heteroatoms. The van der Waals surface area contributed by atoms with Gasteiger partial charge in [-0.15, -0.1) is 0 Å². The third kappa shape index (κ3) is 7.73. The summed E-state index contributed by atoms with van der Waals surface area (Å²) in [5, 5.41) is 18.2. The van der Waals surface area contributed by atoms with Crippen molar-refractivity contribution in [1.82, 2.24) is 0 Å². The molecule has 0 spiro atoms. The highest BCUT2D eigenvalue weighted by Crippen LogP contribution is 2.67. The summed E-state index contributed by atoms with van der Waals surface area (Å²) in [6.07, 6.45) is 6.89. The molecular formula is C39H64N2O7S. The molecule has 1 aliphatic heterocycles. The Kier molecular flexibility index (Phi) is 12.6. The standard InChI is InChI=1S/C39H64N2O7S/c1-9-29(35(44)45)36(7,25(5)23(2)3)14-15-39(49)17-28(43)16-31-30(39)12-13-33-37(8)21-46-22-38(31,33)18-32(48-26(6)42)34(37)47-20-24(4)10-11-27(41)19-40/h16,23-25,29-30,32-34,41,49H,9-15,17-22,40H2,1-8H3,(H,44,45)/t24?,25-,29-,30+,32-,33+,34+,36-,37+,38+,39-/m1/s1. The van der Waals surface area contributed by atoms with E-state index in [2.05, 4.69) is 41.5 Å². The van der Waals surface area contributed by atoms with Crippen LogP contribution in [0.4, 0.5) is 0 Å². The van der Waals surface area contributed by atoms with Crippen LogP contribution in [0.15, 0.2) is 11.6 Å². The molecule has 4 aliphatic rings. The van der Waals surface area contributed by atoms with E-state index < -0.39 is 39.0 Å². The number of nitrogens with two attached hydrogens (primary N) is 1. The first kappa shape index (κ1) is 40.0. The molecule has 2 saturated carbocycles. The lowest BCUT2D eigenvalue weighted by atomic mass is 9.43. The Morgan fingerprint density at radius 3 is 2.51 bits per heavy atom. The van der Waals surface area contributed by atoms with Crippen molar-refractivity contribution in [3.63, 3.8) is 0 Å². The minimum absolute atomic E-state index is 0.0209. The fourth-order valence-corrected chi connectivity index (χ4v) is 11.1. The van der Waals surface area contributed by atoms with E-state index in [1.807, 2.05) is 13.0 Å². The molecule has 49 heavy (non-hydrogen) atoms. The Hall–Kier alpha value is -1.75. The molecule has 3 fully saturated rings. The average Bonchev–Trinajstić information content (AvgIpc) is 3.01. The predicted octanol–water partition coefficient (Wildman–Crippen LogP) is 6.91. The number of aliphatic carboxylic acids is 1. The van der Waals surface area contributed by atoms with Crippen LogP contribution in [0.1, 0.15) is 113 Å². The predicted molar refractivity (Wildman–Crippen MR) is 195 cm³/mol. The first-order valence-corrected chi connectivity index (χ1v) is 19.2. The highest BCUT2D eigenvalue weighted by molar-refractivity contribution is 7.81. The molecule has 278 valence electrons. The van der Waals surface area contributed by atoms with Crippen LogP contribution in [0.25, 0.3) is 0 Å². The minimum Gasteiger partial charge on any atom is -0.481 e. The fourth-order valence-electron chi connectivity index (χ4n) is 10.6. The second-order valence-corrected chi connectivity index (χ2v) is 18.0. The van der Waals surface area contributed by atoms with E-state index in [-0.39, 0.29) is 48.1 Å². The summed E-state index contributed by atoms with van der Waals surface area (Å²) in [6, 6.07) is 0. The summed E-state index contributed by atoms with van der Waals surface area (Å²) in [5.41, 5.74) is 5.83. The van der Waals surface area contributed by atoms with E-state index in [0.29, 0.717) is 70.0 Å². The maximum absolute atomic E-state index is 13.7. The molecule has 3 aliphatic carbocycles. The van der Waals surface area contributed by atoms with Crippen molar-refractivity contribution in [2.45, 2.75) is 130 Å². The summed E-state index contributed by atoms with van der Waals surface area (Å²) >= 11 is 5.42. The van der Waals surface area contributed by atoms with Crippen LogP contribution in [-0.4, -0.2) is 71.9 Å². The molecule has 1 unspecified atom stereocenters. The third-order valence-corrected chi connectivity index (χ3v) is 14.3. The normalized spacial score (nSPS) is 35.7. The van der Waals surface area contributed by atoms with E-state index in [0.717, 1.165) is 24.8 Å². The maximum atomic E-state index is 13.7. The lowest BCUT2D eigenvalue weighted by molar-refractivity contribution is -0.262. The van der Waals surface area contributed by atoms with Crippen molar-refractivity contribution in [1.29, 1.82) is 5.41 Å². The fraction of sp³-hybridized carbons (Fsp3) is 0.846. The molecule has 9 nitrogen and oxygen atoms in total. The maximum Gasteiger partial charge on any atom is 0.307 e. The summed E-state index contributed by atoms with van der Waals surface area (Å²) in [4.78, 5) is 38.9. The molecule has 0 aromatic rings. The zero-order valence-electron chi connectivity index (χ0n) is 31.3. The van der Waals surface area contributed by atoms with Crippen molar-refractivity contribution in [2.75, 3.05) is 26.4 Å². The van der Waals surface area contributed by atoms with Crippen LogP contribution in [0.3, 0.4) is 0 Å². The second kappa shape index (κ2) is 15.5. The van der Waals surface area contributed by atoms with E-state index in [1.165, 1.54) is 6.92 Å². The molecule has 4 N–H and O–H groups in total. The van der Waals surface area contributed by atoms with Crippen LogP contribution >= 0.6 is 12.6 Å². The smallest absolute Gasteiger partial charge is 0.307 e. The summed E-state index contributed by atoms with van der Waals surface area (Å²) < 4.78 is 18.7. The molecular weight excluding hydrogens is 641 g/mol. The van der Waals surface area contributed by atoms with Crippen LogP contribution in [0.5, 0.6) is 0 Å². The van der Waals surface area contributed by atoms with Crippen LogP contribution in [-0.2, 0) is 28.6 Å². The highest BCUT2D eigenvalue weighted by Gasteiger charge is 2.68. The van der Waals surface area contributed by atoms with Gasteiger partial charge in [-0.2, -0.15) is 12.6 Å². The number of thiol groups is 1. The van der Waals surface area contributed by atoms with Gasteiger partial charge in [-0.3, -0.25) is 14.4 Å². The minimum atomic E-state index is -0.760. The molecule has 1 saturated heterocycles. The number of carbonyl (C=O) groups excluding carboxylic acids is 2. The number of fused-ring (bicyclic) bond motifs is 1. The van der Waals surface area contributed by atoms with E-state index in [4.69, 9.17) is 38.0 Å². The van der Waals surface area contributed by atoms with Crippen molar-refractivity contribution < 1.29 is 33.7 Å². The van der Waals surface area contributed by atoms with Gasteiger partial charge < -0.3 is 30.5 Å². The van der Waals surface area contributed by atoms with Gasteiger partial charge in [0, 0.05) is 47.8 Å². The molecule has 2 bridgehead atoms. The zero-order chi connectivity index (χ0) is 36.5. The third-order valence-electron chi connectivity index (χ3n) is 13.6. The largest absolute Gasteiger partial charge is 0.481 e. The topological polar surface area (TPSA) is 149 Å². The second-order valence-electron chi connectivity index (χ2n) is 17.1. The van der Waals surface area contributed by atoms with Crippen molar-refractivity contribution >= 4 is 36.1 Å². The first-order chi connectivity index (χ1) is 22.9. The quantitative estimate of drug-likeness (QED) is 0.0770. The molecule has 0 aromatic heterocycles.